The molecule has 0 bridgehead atoms. The summed E-state index contributed by atoms with van der Waals surface area (Å²) < 4.78 is 43.5. The Hall–Kier alpha value is -6.52. The molecule has 4 aromatic rings. The minimum absolute atomic E-state index is 0.128. The van der Waals surface area contributed by atoms with Crippen LogP contribution < -0.4 is 9.47 Å². The number of ether oxygens (including phenoxy) is 8. The molecule has 0 aliphatic carbocycles. The van der Waals surface area contributed by atoms with Crippen LogP contribution in [0.25, 0.3) is 22.8 Å². The monoisotopic (exact) mass is 796 g/mol. The van der Waals surface area contributed by atoms with Crippen LogP contribution in [0.15, 0.2) is 98.6 Å². The second-order valence-electron chi connectivity index (χ2n) is 12.5. The predicted octanol–water partition coefficient (Wildman–Crippen LogP) is 5.87. The fraction of sp³-hybridized carbons (Fsp3) is 0.333. The minimum atomic E-state index is -1.30. The number of benzene rings is 2. The van der Waals surface area contributed by atoms with Crippen molar-refractivity contribution in [3.8, 4) is 34.3 Å². The Morgan fingerprint density at radius 3 is 1.28 bits per heavy atom. The lowest BCUT2D eigenvalue weighted by molar-refractivity contribution is -0.288. The van der Waals surface area contributed by atoms with Gasteiger partial charge in [0.15, 0.2) is 23.1 Å². The number of nitrogens with zero attached hydrogens (tertiary/aromatic N) is 4. The molecule has 0 unspecified atom stereocenters. The van der Waals surface area contributed by atoms with Crippen molar-refractivity contribution in [2.75, 3.05) is 39.6 Å². The van der Waals surface area contributed by atoms with Crippen molar-refractivity contribution in [1.29, 1.82) is 0 Å². The predicted molar refractivity (Wildman–Crippen MR) is 206 cm³/mol. The standard InChI is InChI=1S/C42H44N4O12/c1-3-35(47)53-21-9-5-7-19-51-33-25-43-37(44-26-33)29-11-15-31(16-12-29)39(49)57-41-42(56-24-23-55-41)58-40(50)32-17-13-30(14-18-32)38-45-27-34(28-46-38)52-20-8-6-10-22-54-36(48)4-2/h3-4,11-18,25-28,41-42H,1-2,5-10,19-24H2/t41-,42-/m0/s1. The molecular weight excluding hydrogens is 752 g/mol. The van der Waals surface area contributed by atoms with Gasteiger partial charge in [-0.25, -0.2) is 39.1 Å². The van der Waals surface area contributed by atoms with Crippen LogP contribution in [0.2, 0.25) is 0 Å². The van der Waals surface area contributed by atoms with Crippen LogP contribution in [-0.4, -0.2) is 96.0 Å². The first-order valence-electron chi connectivity index (χ1n) is 18.7. The molecule has 58 heavy (non-hydrogen) atoms. The summed E-state index contributed by atoms with van der Waals surface area (Å²) >= 11 is 0. The Balaban J connectivity index is 1.04. The molecule has 0 spiro atoms. The molecule has 5 rings (SSSR count). The molecular formula is C42H44N4O12. The minimum Gasteiger partial charge on any atom is -0.490 e. The summed E-state index contributed by atoms with van der Waals surface area (Å²) in [6.45, 7) is 8.58. The third-order valence-electron chi connectivity index (χ3n) is 8.27. The maximum atomic E-state index is 13.0. The Morgan fingerprint density at radius 2 is 0.914 bits per heavy atom. The van der Waals surface area contributed by atoms with Crippen molar-refractivity contribution in [2.24, 2.45) is 0 Å². The lowest BCUT2D eigenvalue weighted by atomic mass is 10.1. The maximum Gasteiger partial charge on any atom is 0.340 e. The van der Waals surface area contributed by atoms with Crippen LogP contribution in [0, 0.1) is 0 Å². The van der Waals surface area contributed by atoms with Crippen LogP contribution in [0.5, 0.6) is 11.5 Å². The molecule has 304 valence electrons. The van der Waals surface area contributed by atoms with Gasteiger partial charge >= 0.3 is 23.9 Å². The van der Waals surface area contributed by atoms with Gasteiger partial charge in [-0.2, -0.15) is 0 Å². The van der Waals surface area contributed by atoms with Crippen LogP contribution in [0.4, 0.5) is 0 Å². The number of esters is 4. The van der Waals surface area contributed by atoms with Crippen molar-refractivity contribution >= 4 is 23.9 Å². The number of unbranched alkanes of at least 4 members (excludes halogenated alkanes) is 4. The zero-order valence-corrected chi connectivity index (χ0v) is 31.8. The summed E-state index contributed by atoms with van der Waals surface area (Å²) in [6.07, 6.45) is 10.6. The molecule has 0 amide bonds. The first-order chi connectivity index (χ1) is 28.3. The molecule has 2 aromatic heterocycles. The van der Waals surface area contributed by atoms with E-state index in [1.807, 2.05) is 0 Å². The third kappa shape index (κ3) is 13.6. The third-order valence-corrected chi connectivity index (χ3v) is 8.27. The highest BCUT2D eigenvalue weighted by atomic mass is 16.8. The van der Waals surface area contributed by atoms with Gasteiger partial charge in [0.25, 0.3) is 12.6 Å². The average molecular weight is 797 g/mol. The van der Waals surface area contributed by atoms with Crippen LogP contribution in [0.1, 0.15) is 59.2 Å². The van der Waals surface area contributed by atoms with Crippen molar-refractivity contribution in [1.82, 2.24) is 19.9 Å². The van der Waals surface area contributed by atoms with E-state index in [1.54, 1.807) is 73.3 Å². The summed E-state index contributed by atoms with van der Waals surface area (Å²) in [5.41, 5.74) is 1.77. The number of carbonyl (C=O) groups is 4. The largest absolute Gasteiger partial charge is 0.490 e. The van der Waals surface area contributed by atoms with E-state index in [0.29, 0.717) is 60.7 Å². The zero-order valence-electron chi connectivity index (χ0n) is 31.8. The Bertz CT molecular complexity index is 1810. The first-order valence-corrected chi connectivity index (χ1v) is 18.7. The number of rotatable bonds is 22. The molecule has 1 fully saturated rings. The fourth-order valence-electron chi connectivity index (χ4n) is 5.21. The van der Waals surface area contributed by atoms with Gasteiger partial charge in [-0.05, 0) is 62.8 Å². The van der Waals surface area contributed by atoms with Crippen molar-refractivity contribution in [3.05, 3.63) is 110 Å². The highest BCUT2D eigenvalue weighted by Crippen LogP contribution is 2.22. The number of carbonyl (C=O) groups excluding carboxylic acids is 4. The SMILES string of the molecule is C=CC(=O)OCCCCCOc1cnc(-c2ccc(C(=O)O[C@@H]3OCCO[C@H]3OC(=O)c3ccc(-c4ncc(OCCCCCOC(=O)C=C)cn4)cc3)cc2)nc1. The van der Waals surface area contributed by atoms with Gasteiger partial charge in [-0.15, -0.1) is 0 Å². The molecule has 1 aliphatic rings. The lowest BCUT2D eigenvalue weighted by Gasteiger charge is -2.30. The second kappa shape index (κ2) is 22.9. The van der Waals surface area contributed by atoms with Gasteiger partial charge in [0.1, 0.15) is 0 Å². The smallest absolute Gasteiger partial charge is 0.340 e. The summed E-state index contributed by atoms with van der Waals surface area (Å²) in [7, 11) is 0. The summed E-state index contributed by atoms with van der Waals surface area (Å²) in [5, 5.41) is 0. The topological polar surface area (TPSA) is 194 Å². The van der Waals surface area contributed by atoms with Crippen LogP contribution in [0.3, 0.4) is 0 Å². The zero-order chi connectivity index (χ0) is 41.0. The van der Waals surface area contributed by atoms with Gasteiger partial charge in [-0.3, -0.25) is 0 Å². The fourth-order valence-corrected chi connectivity index (χ4v) is 5.21. The lowest BCUT2D eigenvalue weighted by Crippen LogP contribution is -2.44. The van der Waals surface area contributed by atoms with E-state index in [-0.39, 0.29) is 24.3 Å². The molecule has 0 radical (unpaired) electrons. The van der Waals surface area contributed by atoms with Gasteiger partial charge in [0, 0.05) is 23.3 Å². The molecule has 3 heterocycles. The Kier molecular flexibility index (Phi) is 16.8. The molecule has 0 N–H and O–H groups in total. The Labute approximate surface area is 335 Å². The molecule has 16 heteroatoms. The van der Waals surface area contributed by atoms with E-state index in [1.165, 1.54) is 0 Å². The summed E-state index contributed by atoms with van der Waals surface area (Å²) in [5.74, 6) is -0.399. The molecule has 2 aromatic carbocycles. The number of hydrogen-bond acceptors (Lipinski definition) is 16. The quantitative estimate of drug-likeness (QED) is 0.0396. The number of aromatic nitrogens is 4. The van der Waals surface area contributed by atoms with Gasteiger partial charge in [-0.1, -0.05) is 37.4 Å². The van der Waals surface area contributed by atoms with E-state index in [0.717, 1.165) is 50.7 Å². The van der Waals surface area contributed by atoms with Gasteiger partial charge in [0.2, 0.25) is 0 Å². The molecule has 1 aliphatic heterocycles. The van der Waals surface area contributed by atoms with Crippen molar-refractivity contribution < 1.29 is 57.1 Å². The van der Waals surface area contributed by atoms with Gasteiger partial charge < -0.3 is 37.9 Å². The van der Waals surface area contributed by atoms with E-state index >= 15 is 0 Å². The summed E-state index contributed by atoms with van der Waals surface area (Å²) in [4.78, 5) is 65.6. The van der Waals surface area contributed by atoms with E-state index in [2.05, 4.69) is 33.1 Å². The molecule has 1 saturated heterocycles. The van der Waals surface area contributed by atoms with Crippen molar-refractivity contribution in [2.45, 2.75) is 51.1 Å². The van der Waals surface area contributed by atoms with Crippen LogP contribution >= 0.6 is 0 Å². The average Bonchev–Trinajstić information content (AvgIpc) is 3.26. The molecule has 16 nitrogen and oxygen atoms in total. The summed E-state index contributed by atoms with van der Waals surface area (Å²) in [6, 6.07) is 13.0. The normalized spacial score (nSPS) is 14.7. The van der Waals surface area contributed by atoms with E-state index < -0.39 is 36.5 Å². The molecule has 0 saturated carbocycles. The van der Waals surface area contributed by atoms with E-state index in [4.69, 9.17) is 37.9 Å². The highest BCUT2D eigenvalue weighted by Gasteiger charge is 2.34. The maximum absolute atomic E-state index is 13.0. The van der Waals surface area contributed by atoms with Crippen molar-refractivity contribution in [3.63, 3.8) is 0 Å². The molecule has 2 atom stereocenters. The highest BCUT2D eigenvalue weighted by molar-refractivity contribution is 5.91. The number of hydrogen-bond donors (Lipinski definition) is 0. The second-order valence-corrected chi connectivity index (χ2v) is 12.5. The van der Waals surface area contributed by atoms with E-state index in [9.17, 15) is 19.2 Å². The van der Waals surface area contributed by atoms with Gasteiger partial charge in [0.05, 0.1) is 75.6 Å². The first kappa shape index (κ1) is 42.6. The Morgan fingerprint density at radius 1 is 0.552 bits per heavy atom. The van der Waals surface area contributed by atoms with Crippen LogP contribution in [-0.2, 0) is 38.0 Å².